The maximum Gasteiger partial charge on any atom is 0.341 e. The first-order chi connectivity index (χ1) is 59.8. The average Bonchev–Trinajstić information content (AvgIpc) is 0.763. The highest BCUT2D eigenvalue weighted by Crippen LogP contribution is 2.41. The van der Waals surface area contributed by atoms with Crippen molar-refractivity contribution in [2.75, 3.05) is 119 Å². The first-order valence-corrected chi connectivity index (χ1v) is 44.1. The zero-order chi connectivity index (χ0) is 90.5. The van der Waals surface area contributed by atoms with Gasteiger partial charge in [-0.05, 0) is 249 Å². The molecule has 12 aromatic rings. The number of rotatable bonds is 23. The van der Waals surface area contributed by atoms with Gasteiger partial charge in [-0.3, -0.25) is 24.9 Å². The highest BCUT2D eigenvalue weighted by molar-refractivity contribution is 6.30. The third-order valence-corrected chi connectivity index (χ3v) is 22.9. The number of pyridine rings is 5. The lowest BCUT2D eigenvalue weighted by Gasteiger charge is -2.39. The van der Waals surface area contributed by atoms with Crippen LogP contribution < -0.4 is 25.3 Å². The van der Waals surface area contributed by atoms with E-state index in [4.69, 9.17) is 35.3 Å². The first kappa shape index (κ1) is 95.4. The van der Waals surface area contributed by atoms with E-state index in [1.54, 1.807) is 44.8 Å². The van der Waals surface area contributed by atoms with E-state index in [1.807, 2.05) is 104 Å². The largest absolute Gasteiger partial charge is 0.462 e. The molecule has 2 saturated heterocycles. The van der Waals surface area contributed by atoms with Gasteiger partial charge in [0.2, 0.25) is 0 Å². The summed E-state index contributed by atoms with van der Waals surface area (Å²) in [7, 11) is 6.17. The van der Waals surface area contributed by atoms with Gasteiger partial charge in [0.25, 0.3) is 0 Å². The van der Waals surface area contributed by atoms with Crippen molar-refractivity contribution in [2.24, 2.45) is 11.3 Å². The number of piperidine rings is 2. The number of anilines is 5. The Kier molecular flexibility index (Phi) is 33.7. The molecule has 2 aliphatic heterocycles. The van der Waals surface area contributed by atoms with Gasteiger partial charge in [0.1, 0.15) is 27.8 Å². The molecule has 0 spiro atoms. The van der Waals surface area contributed by atoms with Crippen LogP contribution in [0.4, 0.5) is 28.4 Å². The molecule has 125 heavy (non-hydrogen) atoms. The fourth-order valence-corrected chi connectivity index (χ4v) is 16.5. The minimum absolute atomic E-state index is 0.278. The standard InChI is InChI=1S/C21H21ClN2O2.C21H28N2O2.C21H22N2O2.C20H29N3O2.C20H26N2O2/c1-4-26-21(25)18-12-24-19-14(3)9-13(2)10-17(19)20(18)23-11-15-5-7-16(22)8-6-15;1-6-25-20(24)17-13-22-18-15(3)11-14(2)12-16(18)19(17)23-9-7-21(4,5)8-10-23;1-4-25-21(24)18-13-23-19-15(3)10-14(2)11-17(19)20(18)22-12-16-8-6-5-7-9-16;1-7-25-20(24)17-13-21-18-15(3)11-14(2)12-16(18)19(17)23(6)10-8-9-22(4)5;1-5-24-20(23)17-12-21-18-15(4)10-14(3)11-16(18)19(17)22-8-6-13(2)7-9-22/h5-10,12H,4,11H2,1-3H3,(H,23,24);11-13H,6-10H2,1-5H3;5-11,13H,4,12H2,1-3H3,(H,22,23);11-13H,7-10H2,1-6H3;10-13H,5-9H2,1-4H3. The molecule has 7 aromatic carbocycles. The molecule has 22 heteroatoms. The first-order valence-electron chi connectivity index (χ1n) is 43.7. The summed E-state index contributed by atoms with van der Waals surface area (Å²) in [5.41, 5.74) is 25.6. The van der Waals surface area contributed by atoms with Crippen LogP contribution in [-0.2, 0) is 36.8 Å². The van der Waals surface area contributed by atoms with Gasteiger partial charge in [0.05, 0.1) is 89.1 Å². The van der Waals surface area contributed by atoms with E-state index < -0.39 is 0 Å². The van der Waals surface area contributed by atoms with Gasteiger partial charge < -0.3 is 53.9 Å². The van der Waals surface area contributed by atoms with Crippen molar-refractivity contribution in [1.29, 1.82) is 0 Å². The molecule has 0 saturated carbocycles. The number of aromatic nitrogens is 5. The minimum Gasteiger partial charge on any atom is -0.462 e. The van der Waals surface area contributed by atoms with E-state index >= 15 is 0 Å². The molecule has 660 valence electrons. The molecule has 0 aliphatic carbocycles. The summed E-state index contributed by atoms with van der Waals surface area (Å²) in [5.74, 6) is -0.865. The van der Waals surface area contributed by atoms with E-state index in [9.17, 15) is 24.0 Å². The van der Waals surface area contributed by atoms with Crippen LogP contribution in [0.5, 0.6) is 0 Å². The second-order valence-electron chi connectivity index (χ2n) is 33.9. The summed E-state index contributed by atoms with van der Waals surface area (Å²) in [6, 6.07) is 38.8. The molecule has 0 unspecified atom stereocenters. The molecular weight excluding hydrogens is 1590 g/mol. The molecular formula is C103H126ClN11O10. The number of aryl methyl sites for hydroxylation is 10. The quantitative estimate of drug-likeness (QED) is 0.0447. The highest BCUT2D eigenvalue weighted by Gasteiger charge is 2.32. The number of fused-ring (bicyclic) bond motifs is 5. The number of ether oxygens (including phenoxy) is 5. The van der Waals surface area contributed by atoms with Crippen LogP contribution in [0.1, 0.15) is 206 Å². The lowest BCUT2D eigenvalue weighted by molar-refractivity contribution is 0.0517. The Bertz CT molecular complexity index is 5820. The number of esters is 5. The van der Waals surface area contributed by atoms with Crippen molar-refractivity contribution in [3.05, 3.63) is 246 Å². The molecule has 0 radical (unpaired) electrons. The molecule has 2 N–H and O–H groups in total. The second-order valence-corrected chi connectivity index (χ2v) is 34.3. The summed E-state index contributed by atoms with van der Waals surface area (Å²) >= 11 is 5.95. The normalized spacial score (nSPS) is 13.0. The summed E-state index contributed by atoms with van der Waals surface area (Å²) in [6.45, 7) is 45.3. The SMILES string of the molecule is CCOC(=O)c1cnc2c(C)cc(C)cc2c1N(C)CCCN(C)C.CCOC(=O)c1cnc2c(C)cc(C)cc2c1N1CCC(C)(C)CC1.CCOC(=O)c1cnc2c(C)cc(C)cc2c1N1CCC(C)CC1.CCOC(=O)c1cnc2c(C)cc(C)cc2c1NCc1ccc(Cl)cc1.CCOC(=O)c1cnc2c(C)cc(C)cc2c1NCc1ccccc1. The summed E-state index contributed by atoms with van der Waals surface area (Å²) in [6.07, 6.45) is 13.8. The molecule has 14 rings (SSSR count). The molecule has 0 atom stereocenters. The predicted molar refractivity (Wildman–Crippen MR) is 511 cm³/mol. The Labute approximate surface area is 743 Å². The number of nitrogens with one attached hydrogen (secondary N) is 2. The molecule has 2 fully saturated rings. The summed E-state index contributed by atoms with van der Waals surface area (Å²) in [5, 5.41) is 12.5. The molecule has 5 aromatic heterocycles. The fourth-order valence-electron chi connectivity index (χ4n) is 16.4. The van der Waals surface area contributed by atoms with Gasteiger partial charge in [-0.15, -0.1) is 0 Å². The minimum atomic E-state index is -0.375. The number of nitrogens with zero attached hydrogens (tertiary/aromatic N) is 9. The number of carbonyl (C=O) groups is 5. The zero-order valence-electron chi connectivity index (χ0n) is 77.1. The van der Waals surface area contributed by atoms with E-state index in [1.165, 1.54) is 11.1 Å². The molecule has 7 heterocycles. The topological polar surface area (TPSA) is 233 Å². The molecule has 0 amide bonds. The van der Waals surface area contributed by atoms with Crippen LogP contribution in [0.25, 0.3) is 54.5 Å². The van der Waals surface area contributed by atoms with Crippen LogP contribution in [-0.4, -0.2) is 153 Å². The lowest BCUT2D eigenvalue weighted by atomic mass is 9.82. The third kappa shape index (κ3) is 24.4. The number of hydrogen-bond acceptors (Lipinski definition) is 21. The number of carbonyl (C=O) groups excluding carboxylic acids is 5. The van der Waals surface area contributed by atoms with Gasteiger partial charge in [-0.25, -0.2) is 24.0 Å². The Morgan fingerprint density at radius 1 is 0.416 bits per heavy atom. The Balaban J connectivity index is 0.000000163. The summed E-state index contributed by atoms with van der Waals surface area (Å²) < 4.78 is 26.3. The number of hydrogen-bond donors (Lipinski definition) is 2. The molecule has 2 aliphatic rings. The van der Waals surface area contributed by atoms with Crippen LogP contribution in [0, 0.1) is 80.6 Å². The van der Waals surface area contributed by atoms with Crippen molar-refractivity contribution in [3.8, 4) is 0 Å². The Morgan fingerprint density at radius 3 is 1.12 bits per heavy atom. The van der Waals surface area contributed by atoms with Crippen LogP contribution in [0.2, 0.25) is 5.02 Å². The number of benzene rings is 7. The van der Waals surface area contributed by atoms with Crippen molar-refractivity contribution in [2.45, 2.75) is 170 Å². The van der Waals surface area contributed by atoms with Crippen molar-refractivity contribution < 1.29 is 47.7 Å². The monoisotopic (exact) mass is 1710 g/mol. The lowest BCUT2D eigenvalue weighted by Crippen LogP contribution is -2.38. The van der Waals surface area contributed by atoms with Crippen LogP contribution in [0.15, 0.2) is 146 Å². The maximum atomic E-state index is 12.6. The van der Waals surface area contributed by atoms with E-state index in [-0.39, 0.29) is 29.8 Å². The van der Waals surface area contributed by atoms with Crippen molar-refractivity contribution in [1.82, 2.24) is 29.8 Å². The second kappa shape index (κ2) is 44.2. The highest BCUT2D eigenvalue weighted by atomic mass is 35.5. The van der Waals surface area contributed by atoms with Gasteiger partial charge >= 0.3 is 29.8 Å². The Morgan fingerprint density at radius 2 is 0.736 bits per heavy atom. The number of halogens is 1. The molecule has 0 bridgehead atoms. The predicted octanol–water partition coefficient (Wildman–Crippen LogP) is 22.3. The Hall–Kier alpha value is -11.8. The van der Waals surface area contributed by atoms with Crippen LogP contribution >= 0.6 is 11.6 Å². The van der Waals surface area contributed by atoms with Gasteiger partial charge in [-0.1, -0.05) is 133 Å². The van der Waals surface area contributed by atoms with E-state index in [0.29, 0.717) is 84.4 Å². The summed E-state index contributed by atoms with van der Waals surface area (Å²) in [4.78, 5) is 94.0. The van der Waals surface area contributed by atoms with Crippen molar-refractivity contribution >= 4 is 124 Å². The van der Waals surface area contributed by atoms with E-state index in [0.717, 1.165) is 216 Å². The zero-order valence-corrected chi connectivity index (χ0v) is 77.9. The van der Waals surface area contributed by atoms with E-state index in [2.05, 4.69) is 198 Å². The van der Waals surface area contributed by atoms with Gasteiger partial charge in [0.15, 0.2) is 0 Å². The van der Waals surface area contributed by atoms with Crippen molar-refractivity contribution in [3.63, 3.8) is 0 Å². The van der Waals surface area contributed by atoms with Gasteiger partial charge in [-0.2, -0.15) is 0 Å². The average molecular weight is 1710 g/mol. The smallest absolute Gasteiger partial charge is 0.341 e. The van der Waals surface area contributed by atoms with Gasteiger partial charge in [0, 0.05) is 116 Å². The van der Waals surface area contributed by atoms with Crippen LogP contribution in [0.3, 0.4) is 0 Å². The third-order valence-electron chi connectivity index (χ3n) is 22.6. The molecule has 21 nitrogen and oxygen atoms in total. The maximum absolute atomic E-state index is 12.6. The fraction of sp³-hybridized carbons (Fsp3) is 0.398.